The molecule has 106 valence electrons. The molecule has 0 bridgehead atoms. The quantitative estimate of drug-likeness (QED) is 0.685. The highest BCUT2D eigenvalue weighted by molar-refractivity contribution is 5.37. The van der Waals surface area contributed by atoms with E-state index in [4.69, 9.17) is 0 Å². The van der Waals surface area contributed by atoms with Gasteiger partial charge >= 0.3 is 0 Å². The summed E-state index contributed by atoms with van der Waals surface area (Å²) >= 11 is 0. The topological polar surface area (TPSA) is 12.0 Å². The van der Waals surface area contributed by atoms with Crippen molar-refractivity contribution in [3.63, 3.8) is 0 Å². The number of fused-ring (bicyclic) bond motifs is 1. The van der Waals surface area contributed by atoms with Crippen molar-refractivity contribution in [2.24, 2.45) is 0 Å². The standard InChI is InChI=1S/C18H29N/c1-4-5-6-7-8-15(3)19-18-12-11-16-10-9-14(2)13-17(16)18/h9-10,13,15,18-19H,4-8,11-12H2,1-3H3. The lowest BCUT2D eigenvalue weighted by Crippen LogP contribution is -2.29. The largest absolute Gasteiger partial charge is 0.307 e. The van der Waals surface area contributed by atoms with Gasteiger partial charge in [-0.1, -0.05) is 56.4 Å². The maximum Gasteiger partial charge on any atom is 0.0328 e. The predicted molar refractivity (Wildman–Crippen MR) is 83.6 cm³/mol. The van der Waals surface area contributed by atoms with Crippen LogP contribution in [0, 0.1) is 6.92 Å². The van der Waals surface area contributed by atoms with E-state index in [1.807, 2.05) is 0 Å². The van der Waals surface area contributed by atoms with E-state index >= 15 is 0 Å². The fourth-order valence-electron chi connectivity index (χ4n) is 3.20. The third-order valence-electron chi connectivity index (χ3n) is 4.36. The number of hydrogen-bond donors (Lipinski definition) is 1. The van der Waals surface area contributed by atoms with Gasteiger partial charge in [0.25, 0.3) is 0 Å². The van der Waals surface area contributed by atoms with Crippen molar-refractivity contribution in [3.05, 3.63) is 34.9 Å². The molecule has 0 heterocycles. The molecule has 2 rings (SSSR count). The maximum absolute atomic E-state index is 3.84. The minimum absolute atomic E-state index is 0.594. The van der Waals surface area contributed by atoms with Crippen LogP contribution in [0.5, 0.6) is 0 Å². The van der Waals surface area contributed by atoms with Crippen LogP contribution in [0.25, 0.3) is 0 Å². The maximum atomic E-state index is 3.84. The van der Waals surface area contributed by atoms with Crippen LogP contribution >= 0.6 is 0 Å². The lowest BCUT2D eigenvalue weighted by atomic mass is 10.0. The first-order valence-corrected chi connectivity index (χ1v) is 8.06. The van der Waals surface area contributed by atoms with Gasteiger partial charge in [0, 0.05) is 12.1 Å². The van der Waals surface area contributed by atoms with E-state index in [-0.39, 0.29) is 0 Å². The van der Waals surface area contributed by atoms with Gasteiger partial charge in [-0.05, 0) is 44.2 Å². The van der Waals surface area contributed by atoms with Crippen molar-refractivity contribution < 1.29 is 0 Å². The van der Waals surface area contributed by atoms with E-state index in [1.165, 1.54) is 50.5 Å². The SMILES string of the molecule is CCCCCCC(C)NC1CCc2ccc(C)cc21. The molecule has 19 heavy (non-hydrogen) atoms. The van der Waals surface area contributed by atoms with Gasteiger partial charge in [0.2, 0.25) is 0 Å². The van der Waals surface area contributed by atoms with Crippen molar-refractivity contribution >= 4 is 0 Å². The van der Waals surface area contributed by atoms with Crippen molar-refractivity contribution in [2.75, 3.05) is 0 Å². The first-order chi connectivity index (χ1) is 9.20. The number of rotatable bonds is 7. The Morgan fingerprint density at radius 1 is 1.26 bits per heavy atom. The second kappa shape index (κ2) is 7.09. The van der Waals surface area contributed by atoms with E-state index in [0.29, 0.717) is 12.1 Å². The van der Waals surface area contributed by atoms with Crippen molar-refractivity contribution in [1.82, 2.24) is 5.32 Å². The van der Waals surface area contributed by atoms with E-state index in [1.54, 1.807) is 11.1 Å². The van der Waals surface area contributed by atoms with Crippen molar-refractivity contribution in [3.8, 4) is 0 Å². The second-order valence-corrected chi connectivity index (χ2v) is 6.21. The summed E-state index contributed by atoms with van der Waals surface area (Å²) < 4.78 is 0. The Hall–Kier alpha value is -0.820. The molecule has 0 saturated heterocycles. The number of nitrogens with one attached hydrogen (secondary N) is 1. The first-order valence-electron chi connectivity index (χ1n) is 8.06. The van der Waals surface area contributed by atoms with Crippen LogP contribution in [0.3, 0.4) is 0 Å². The van der Waals surface area contributed by atoms with Gasteiger partial charge in [-0.3, -0.25) is 0 Å². The Morgan fingerprint density at radius 3 is 2.89 bits per heavy atom. The van der Waals surface area contributed by atoms with E-state index in [0.717, 1.165) is 0 Å². The molecule has 1 nitrogen and oxygen atoms in total. The lowest BCUT2D eigenvalue weighted by Gasteiger charge is -2.20. The summed E-state index contributed by atoms with van der Waals surface area (Å²) in [6.07, 6.45) is 9.32. The summed E-state index contributed by atoms with van der Waals surface area (Å²) in [5, 5.41) is 3.84. The molecule has 0 aromatic heterocycles. The van der Waals surface area contributed by atoms with Crippen LogP contribution in [-0.4, -0.2) is 6.04 Å². The van der Waals surface area contributed by atoms with Crippen molar-refractivity contribution in [1.29, 1.82) is 0 Å². The monoisotopic (exact) mass is 259 g/mol. The molecule has 0 saturated carbocycles. The van der Waals surface area contributed by atoms with Crippen LogP contribution in [0.2, 0.25) is 0 Å². The molecular formula is C18H29N. The third-order valence-corrected chi connectivity index (χ3v) is 4.36. The highest BCUT2D eigenvalue weighted by Gasteiger charge is 2.23. The van der Waals surface area contributed by atoms with Crippen LogP contribution in [0.4, 0.5) is 0 Å². The minimum atomic E-state index is 0.594. The molecular weight excluding hydrogens is 230 g/mol. The highest BCUT2D eigenvalue weighted by atomic mass is 14.9. The summed E-state index contributed by atoms with van der Waals surface area (Å²) in [5.74, 6) is 0. The molecule has 0 radical (unpaired) electrons. The summed E-state index contributed by atoms with van der Waals surface area (Å²) in [6.45, 7) is 6.82. The summed E-state index contributed by atoms with van der Waals surface area (Å²) in [6, 6.07) is 8.18. The summed E-state index contributed by atoms with van der Waals surface area (Å²) in [5.41, 5.74) is 4.50. The molecule has 1 N–H and O–H groups in total. The molecule has 2 atom stereocenters. The number of unbranched alkanes of at least 4 members (excludes halogenated alkanes) is 3. The fourth-order valence-corrected chi connectivity index (χ4v) is 3.20. The lowest BCUT2D eigenvalue weighted by molar-refractivity contribution is 0.419. The molecule has 1 heteroatoms. The first kappa shape index (κ1) is 14.6. The zero-order chi connectivity index (χ0) is 13.7. The number of benzene rings is 1. The van der Waals surface area contributed by atoms with Gasteiger partial charge in [0.15, 0.2) is 0 Å². The van der Waals surface area contributed by atoms with Crippen LogP contribution in [-0.2, 0) is 6.42 Å². The summed E-state index contributed by atoms with van der Waals surface area (Å²) in [7, 11) is 0. The molecule has 1 aromatic carbocycles. The zero-order valence-corrected chi connectivity index (χ0v) is 12.8. The van der Waals surface area contributed by atoms with Crippen LogP contribution < -0.4 is 5.32 Å². The van der Waals surface area contributed by atoms with Gasteiger partial charge in [0.1, 0.15) is 0 Å². The Balaban J connectivity index is 1.83. The van der Waals surface area contributed by atoms with E-state index < -0.39 is 0 Å². The average molecular weight is 259 g/mol. The molecule has 2 unspecified atom stereocenters. The Labute approximate surface area is 118 Å². The number of hydrogen-bond acceptors (Lipinski definition) is 1. The Bertz CT molecular complexity index is 397. The van der Waals surface area contributed by atoms with Gasteiger partial charge in [-0.25, -0.2) is 0 Å². The van der Waals surface area contributed by atoms with Crippen LogP contribution in [0.15, 0.2) is 18.2 Å². The molecule has 0 amide bonds. The second-order valence-electron chi connectivity index (χ2n) is 6.21. The Kier molecular flexibility index (Phi) is 5.45. The van der Waals surface area contributed by atoms with Crippen molar-refractivity contribution in [2.45, 2.75) is 77.8 Å². The zero-order valence-electron chi connectivity index (χ0n) is 12.8. The smallest absolute Gasteiger partial charge is 0.0328 e. The number of aryl methyl sites for hydroxylation is 2. The van der Waals surface area contributed by atoms with E-state index in [9.17, 15) is 0 Å². The van der Waals surface area contributed by atoms with Crippen LogP contribution in [0.1, 0.15) is 75.1 Å². The molecule has 1 aliphatic carbocycles. The van der Waals surface area contributed by atoms with Gasteiger partial charge < -0.3 is 5.32 Å². The molecule has 0 fully saturated rings. The third kappa shape index (κ3) is 4.07. The average Bonchev–Trinajstić information content (AvgIpc) is 2.77. The summed E-state index contributed by atoms with van der Waals surface area (Å²) in [4.78, 5) is 0. The molecule has 1 aliphatic rings. The van der Waals surface area contributed by atoms with Gasteiger partial charge in [-0.15, -0.1) is 0 Å². The highest BCUT2D eigenvalue weighted by Crippen LogP contribution is 2.32. The Morgan fingerprint density at radius 2 is 2.11 bits per heavy atom. The fraction of sp³-hybridized carbons (Fsp3) is 0.667. The van der Waals surface area contributed by atoms with E-state index in [2.05, 4.69) is 44.3 Å². The van der Waals surface area contributed by atoms with Gasteiger partial charge in [-0.2, -0.15) is 0 Å². The normalized spacial score (nSPS) is 19.4. The molecule has 1 aromatic rings. The predicted octanol–water partition coefficient (Wildman–Crippen LogP) is 4.93. The van der Waals surface area contributed by atoms with Gasteiger partial charge in [0.05, 0.1) is 0 Å². The minimum Gasteiger partial charge on any atom is -0.307 e. The molecule has 0 spiro atoms. The molecule has 0 aliphatic heterocycles.